The molecule has 0 aliphatic rings. The molecule has 0 aliphatic heterocycles. The smallest absolute Gasteiger partial charge is 0.146 e. The van der Waals surface area contributed by atoms with E-state index >= 15 is 0 Å². The van der Waals surface area contributed by atoms with Crippen molar-refractivity contribution < 1.29 is 0 Å². The molecule has 0 saturated carbocycles. The molecule has 3 aromatic heterocycles. The fourth-order valence-corrected chi connectivity index (χ4v) is 2.11. The van der Waals surface area contributed by atoms with Gasteiger partial charge in [-0.25, -0.2) is 4.98 Å². The first-order valence-corrected chi connectivity index (χ1v) is 5.66. The van der Waals surface area contributed by atoms with E-state index in [2.05, 4.69) is 17.0 Å². The molecule has 3 aromatic rings. The molecule has 3 rings (SSSR count). The molecule has 0 fully saturated rings. The van der Waals surface area contributed by atoms with Gasteiger partial charge in [0, 0.05) is 24.8 Å². The molecular formula is C12H11ClN4. The third kappa shape index (κ3) is 1.61. The highest BCUT2D eigenvalue weighted by Crippen LogP contribution is 2.24. The van der Waals surface area contributed by atoms with Crippen LogP contribution < -0.4 is 0 Å². The topological polar surface area (TPSA) is 35.6 Å². The Hall–Kier alpha value is -1.81. The van der Waals surface area contributed by atoms with E-state index in [-0.39, 0.29) is 0 Å². The number of fused-ring (bicyclic) bond motifs is 1. The van der Waals surface area contributed by atoms with Crippen molar-refractivity contribution in [3.63, 3.8) is 0 Å². The molecule has 3 heterocycles. The van der Waals surface area contributed by atoms with Crippen LogP contribution >= 0.6 is 11.6 Å². The Balaban J connectivity index is 2.33. The van der Waals surface area contributed by atoms with Gasteiger partial charge in [0.15, 0.2) is 0 Å². The highest BCUT2D eigenvalue weighted by atomic mass is 35.5. The fraction of sp³-hybridized carbons (Fsp3) is 0.167. The zero-order chi connectivity index (χ0) is 12.0. The van der Waals surface area contributed by atoms with Crippen LogP contribution in [0.1, 0.15) is 5.56 Å². The monoisotopic (exact) mass is 246 g/mol. The molecule has 4 nitrogen and oxygen atoms in total. The molecule has 0 atom stereocenters. The van der Waals surface area contributed by atoms with Gasteiger partial charge >= 0.3 is 0 Å². The second-order valence-corrected chi connectivity index (χ2v) is 4.45. The van der Waals surface area contributed by atoms with Crippen LogP contribution in [0.15, 0.2) is 30.7 Å². The second-order valence-electron chi connectivity index (χ2n) is 4.06. The van der Waals surface area contributed by atoms with E-state index in [0.29, 0.717) is 5.15 Å². The summed E-state index contributed by atoms with van der Waals surface area (Å²) in [6.07, 6.45) is 5.80. The lowest BCUT2D eigenvalue weighted by Gasteiger charge is -2.00. The maximum Gasteiger partial charge on any atom is 0.146 e. The molecule has 0 saturated heterocycles. The minimum Gasteiger partial charge on any atom is -0.298 e. The van der Waals surface area contributed by atoms with Crippen LogP contribution in [-0.4, -0.2) is 19.3 Å². The van der Waals surface area contributed by atoms with E-state index in [4.69, 9.17) is 11.6 Å². The summed E-state index contributed by atoms with van der Waals surface area (Å²) in [6, 6.07) is 3.80. The number of rotatable bonds is 1. The zero-order valence-corrected chi connectivity index (χ0v) is 10.3. The summed E-state index contributed by atoms with van der Waals surface area (Å²) < 4.78 is 3.77. The quantitative estimate of drug-likeness (QED) is 0.619. The molecule has 86 valence electrons. The number of pyridine rings is 1. The molecule has 0 aromatic carbocycles. The maximum atomic E-state index is 5.95. The molecule has 0 radical (unpaired) electrons. The number of halogens is 1. The predicted molar refractivity (Wildman–Crippen MR) is 67.6 cm³/mol. The molecule has 5 heteroatoms. The fourth-order valence-electron chi connectivity index (χ4n) is 1.97. The van der Waals surface area contributed by atoms with E-state index in [1.165, 1.54) is 5.56 Å². The van der Waals surface area contributed by atoms with Gasteiger partial charge in [0.1, 0.15) is 10.8 Å². The molecule has 0 N–H and O–H groups in total. The van der Waals surface area contributed by atoms with Gasteiger partial charge in [-0.1, -0.05) is 11.6 Å². The second kappa shape index (κ2) is 3.60. The Labute approximate surface area is 103 Å². The molecule has 0 spiro atoms. The van der Waals surface area contributed by atoms with E-state index in [9.17, 15) is 0 Å². The summed E-state index contributed by atoms with van der Waals surface area (Å²) in [7, 11) is 1.89. The number of aromatic nitrogens is 4. The average molecular weight is 247 g/mol. The third-order valence-electron chi connectivity index (χ3n) is 2.79. The summed E-state index contributed by atoms with van der Waals surface area (Å²) in [6.45, 7) is 2.06. The van der Waals surface area contributed by atoms with Crippen molar-refractivity contribution in [2.24, 2.45) is 7.05 Å². The minimum atomic E-state index is 0.501. The average Bonchev–Trinajstić information content (AvgIpc) is 2.83. The Kier molecular flexibility index (Phi) is 2.19. The van der Waals surface area contributed by atoms with E-state index in [0.717, 1.165) is 16.7 Å². The SMILES string of the molecule is Cc1cn(-c2cnn(C)c2)c2nc(Cl)ccc12. The molecule has 0 unspecified atom stereocenters. The van der Waals surface area contributed by atoms with Gasteiger partial charge in [0.25, 0.3) is 0 Å². The van der Waals surface area contributed by atoms with Crippen molar-refractivity contribution in [1.82, 2.24) is 19.3 Å². The molecule has 17 heavy (non-hydrogen) atoms. The summed E-state index contributed by atoms with van der Waals surface area (Å²) >= 11 is 5.95. The minimum absolute atomic E-state index is 0.501. The number of nitrogens with zero attached hydrogens (tertiary/aromatic N) is 4. The summed E-state index contributed by atoms with van der Waals surface area (Å²) in [4.78, 5) is 4.37. The maximum absolute atomic E-state index is 5.95. The Morgan fingerprint density at radius 3 is 2.76 bits per heavy atom. The van der Waals surface area contributed by atoms with E-state index in [1.54, 1.807) is 4.68 Å². The standard InChI is InChI=1S/C12H11ClN4/c1-8-6-17(9-5-14-16(2)7-9)12-10(8)3-4-11(13)15-12/h3-7H,1-2H3. The normalized spacial score (nSPS) is 11.2. The first-order chi connectivity index (χ1) is 8.15. The molecular weight excluding hydrogens is 236 g/mol. The van der Waals surface area contributed by atoms with E-state index < -0.39 is 0 Å². The molecule has 0 bridgehead atoms. The lowest BCUT2D eigenvalue weighted by atomic mass is 10.2. The number of hydrogen-bond donors (Lipinski definition) is 0. The first kappa shape index (κ1) is 10.4. The van der Waals surface area contributed by atoms with Crippen LogP contribution in [0.2, 0.25) is 5.15 Å². The zero-order valence-electron chi connectivity index (χ0n) is 9.55. The van der Waals surface area contributed by atoms with Crippen LogP contribution in [0, 0.1) is 6.92 Å². The lowest BCUT2D eigenvalue weighted by molar-refractivity contribution is 0.767. The van der Waals surface area contributed by atoms with Crippen molar-refractivity contribution in [3.05, 3.63) is 41.4 Å². The van der Waals surface area contributed by atoms with Gasteiger partial charge in [-0.15, -0.1) is 0 Å². The summed E-state index contributed by atoms with van der Waals surface area (Å²) in [5.74, 6) is 0. The highest BCUT2D eigenvalue weighted by Gasteiger charge is 2.09. The number of aryl methyl sites for hydroxylation is 2. The number of hydrogen-bond acceptors (Lipinski definition) is 2. The van der Waals surface area contributed by atoms with Gasteiger partial charge < -0.3 is 0 Å². The van der Waals surface area contributed by atoms with Crippen LogP contribution in [0.25, 0.3) is 16.7 Å². The van der Waals surface area contributed by atoms with Gasteiger partial charge in [-0.05, 0) is 24.6 Å². The Morgan fingerprint density at radius 2 is 2.06 bits per heavy atom. The predicted octanol–water partition coefficient (Wildman–Crippen LogP) is 2.72. The van der Waals surface area contributed by atoms with Crippen LogP contribution in [-0.2, 0) is 7.05 Å². The van der Waals surface area contributed by atoms with Crippen LogP contribution in [0.5, 0.6) is 0 Å². The van der Waals surface area contributed by atoms with Crippen molar-refractivity contribution >= 4 is 22.6 Å². The summed E-state index contributed by atoms with van der Waals surface area (Å²) in [5.41, 5.74) is 3.02. The highest BCUT2D eigenvalue weighted by molar-refractivity contribution is 6.29. The van der Waals surface area contributed by atoms with Crippen LogP contribution in [0.3, 0.4) is 0 Å². The van der Waals surface area contributed by atoms with Crippen molar-refractivity contribution in [2.45, 2.75) is 6.92 Å². The van der Waals surface area contributed by atoms with Crippen LogP contribution in [0.4, 0.5) is 0 Å². The Bertz CT molecular complexity index is 696. The van der Waals surface area contributed by atoms with Crippen molar-refractivity contribution in [3.8, 4) is 5.69 Å². The largest absolute Gasteiger partial charge is 0.298 e. The van der Waals surface area contributed by atoms with E-state index in [1.807, 2.05) is 42.3 Å². The van der Waals surface area contributed by atoms with Gasteiger partial charge in [-0.2, -0.15) is 5.10 Å². The third-order valence-corrected chi connectivity index (χ3v) is 3.00. The molecule has 0 aliphatic carbocycles. The van der Waals surface area contributed by atoms with Gasteiger partial charge in [-0.3, -0.25) is 9.25 Å². The van der Waals surface area contributed by atoms with Gasteiger partial charge in [0.2, 0.25) is 0 Å². The van der Waals surface area contributed by atoms with Gasteiger partial charge in [0.05, 0.1) is 11.9 Å². The summed E-state index contributed by atoms with van der Waals surface area (Å²) in [5, 5.41) is 5.78. The lowest BCUT2D eigenvalue weighted by Crippen LogP contribution is -1.92. The van der Waals surface area contributed by atoms with Crippen molar-refractivity contribution in [1.29, 1.82) is 0 Å². The Morgan fingerprint density at radius 1 is 1.24 bits per heavy atom. The first-order valence-electron chi connectivity index (χ1n) is 5.28. The van der Waals surface area contributed by atoms with Crippen molar-refractivity contribution in [2.75, 3.05) is 0 Å². The molecule has 0 amide bonds.